The summed E-state index contributed by atoms with van der Waals surface area (Å²) >= 11 is 5.91. The Balaban J connectivity index is 2.86. The lowest BCUT2D eigenvalue weighted by atomic mass is 10.3. The van der Waals surface area contributed by atoms with Crippen LogP contribution in [0.1, 0.15) is 5.56 Å². The molecule has 0 aromatic carbocycles. The Hall–Kier alpha value is -0.800. The van der Waals surface area contributed by atoms with Gasteiger partial charge in [-0.1, -0.05) is 11.6 Å². The smallest absolute Gasteiger partial charge is 0.144 e. The normalized spacial score (nSPS) is 9.92. The highest BCUT2D eigenvalue weighted by Crippen LogP contribution is 2.18. The highest BCUT2D eigenvalue weighted by atomic mass is 35.5. The zero-order valence-corrected chi connectivity index (χ0v) is 7.94. The second-order valence-corrected chi connectivity index (χ2v) is 2.86. The Morgan fingerprint density at radius 2 is 2.25 bits per heavy atom. The van der Waals surface area contributed by atoms with Crippen LogP contribution in [0.25, 0.3) is 0 Å². The molecule has 0 saturated heterocycles. The number of pyridine rings is 1. The Morgan fingerprint density at radius 3 is 2.75 bits per heavy atom. The summed E-state index contributed by atoms with van der Waals surface area (Å²) in [4.78, 5) is 4.13. The van der Waals surface area contributed by atoms with E-state index in [-0.39, 0.29) is 0 Å². The molecule has 0 fully saturated rings. The fourth-order valence-electron chi connectivity index (χ4n) is 0.962. The molecule has 0 aliphatic rings. The summed E-state index contributed by atoms with van der Waals surface area (Å²) in [7, 11) is 3.69. The monoisotopic (exact) mass is 185 g/mol. The molecule has 1 aromatic heterocycles. The van der Waals surface area contributed by atoms with Crippen LogP contribution in [0.15, 0.2) is 12.3 Å². The molecule has 1 rings (SSSR count). The third-order valence-electron chi connectivity index (χ3n) is 1.52. The number of rotatable bonds is 3. The Morgan fingerprint density at radius 1 is 1.50 bits per heavy atom. The number of anilines is 1. The summed E-state index contributed by atoms with van der Waals surface area (Å²) in [5.41, 5.74) is 1.08. The number of hydrogen-bond acceptors (Lipinski definition) is 3. The molecule has 0 saturated carbocycles. The second kappa shape index (κ2) is 4.28. The minimum atomic E-state index is 0.658. The van der Waals surface area contributed by atoms with Gasteiger partial charge in [0.1, 0.15) is 5.82 Å². The first-order chi connectivity index (χ1) is 5.77. The van der Waals surface area contributed by atoms with Crippen LogP contribution in [0.4, 0.5) is 5.82 Å². The van der Waals surface area contributed by atoms with E-state index in [9.17, 15) is 0 Å². The average molecular weight is 186 g/mol. The van der Waals surface area contributed by atoms with Gasteiger partial charge in [-0.25, -0.2) is 4.98 Å². The molecular formula is C8H12ClN3. The molecule has 0 aliphatic carbocycles. The van der Waals surface area contributed by atoms with Crippen LogP contribution in [0, 0.1) is 0 Å². The zero-order chi connectivity index (χ0) is 8.97. The van der Waals surface area contributed by atoms with E-state index in [1.54, 1.807) is 13.2 Å². The third-order valence-corrected chi connectivity index (χ3v) is 1.80. The van der Waals surface area contributed by atoms with Gasteiger partial charge in [-0.15, -0.1) is 0 Å². The van der Waals surface area contributed by atoms with E-state index in [4.69, 9.17) is 11.6 Å². The quantitative estimate of drug-likeness (QED) is 0.750. The molecule has 12 heavy (non-hydrogen) atoms. The zero-order valence-electron chi connectivity index (χ0n) is 7.19. The van der Waals surface area contributed by atoms with Gasteiger partial charge in [0, 0.05) is 19.8 Å². The van der Waals surface area contributed by atoms with E-state index >= 15 is 0 Å². The van der Waals surface area contributed by atoms with Gasteiger partial charge in [0.15, 0.2) is 0 Å². The summed E-state index contributed by atoms with van der Waals surface area (Å²) in [6.07, 6.45) is 1.80. The van der Waals surface area contributed by atoms with Gasteiger partial charge in [-0.2, -0.15) is 0 Å². The summed E-state index contributed by atoms with van der Waals surface area (Å²) in [5.74, 6) is 0.719. The van der Waals surface area contributed by atoms with E-state index < -0.39 is 0 Å². The highest BCUT2D eigenvalue weighted by molar-refractivity contribution is 6.32. The van der Waals surface area contributed by atoms with Crippen molar-refractivity contribution in [3.05, 3.63) is 22.8 Å². The second-order valence-electron chi connectivity index (χ2n) is 2.45. The maximum absolute atomic E-state index is 5.91. The maximum Gasteiger partial charge on any atom is 0.144 e. The van der Waals surface area contributed by atoms with E-state index in [2.05, 4.69) is 15.6 Å². The van der Waals surface area contributed by atoms with E-state index in [0.29, 0.717) is 5.02 Å². The van der Waals surface area contributed by atoms with Crippen LogP contribution in [0.2, 0.25) is 5.02 Å². The lowest BCUT2D eigenvalue weighted by Gasteiger charge is -2.04. The molecule has 4 heteroatoms. The van der Waals surface area contributed by atoms with Gasteiger partial charge in [0.05, 0.1) is 5.02 Å². The van der Waals surface area contributed by atoms with Gasteiger partial charge >= 0.3 is 0 Å². The summed E-state index contributed by atoms with van der Waals surface area (Å²) < 4.78 is 0. The number of halogens is 1. The predicted octanol–water partition coefficient (Wildman–Crippen LogP) is 1.50. The topological polar surface area (TPSA) is 37.0 Å². The molecule has 1 aromatic rings. The minimum absolute atomic E-state index is 0.658. The fraction of sp³-hybridized carbons (Fsp3) is 0.375. The standard InChI is InChI=1S/C8H12ClN3/c1-10-4-6-3-7(9)8(11-2)12-5-6/h3,5,10H,4H2,1-2H3,(H,11,12). The first-order valence-corrected chi connectivity index (χ1v) is 4.12. The number of nitrogens with zero attached hydrogens (tertiary/aromatic N) is 1. The number of nitrogens with one attached hydrogen (secondary N) is 2. The molecule has 0 unspecified atom stereocenters. The van der Waals surface area contributed by atoms with Gasteiger partial charge in [-0.3, -0.25) is 0 Å². The highest BCUT2D eigenvalue weighted by Gasteiger charge is 1.99. The van der Waals surface area contributed by atoms with Crippen molar-refractivity contribution in [1.82, 2.24) is 10.3 Å². The van der Waals surface area contributed by atoms with Crippen molar-refractivity contribution in [3.63, 3.8) is 0 Å². The van der Waals surface area contributed by atoms with E-state index in [1.807, 2.05) is 13.1 Å². The van der Waals surface area contributed by atoms with Crippen LogP contribution in [-0.4, -0.2) is 19.1 Å². The van der Waals surface area contributed by atoms with Gasteiger partial charge in [-0.05, 0) is 18.7 Å². The van der Waals surface area contributed by atoms with Crippen LogP contribution >= 0.6 is 11.6 Å². The third kappa shape index (κ3) is 2.09. The van der Waals surface area contributed by atoms with Crippen LogP contribution in [0.3, 0.4) is 0 Å². The van der Waals surface area contributed by atoms with Gasteiger partial charge in [0.25, 0.3) is 0 Å². The first-order valence-electron chi connectivity index (χ1n) is 3.74. The van der Waals surface area contributed by atoms with Crippen LogP contribution < -0.4 is 10.6 Å². The van der Waals surface area contributed by atoms with E-state index in [0.717, 1.165) is 17.9 Å². The van der Waals surface area contributed by atoms with Crippen molar-refractivity contribution in [2.75, 3.05) is 19.4 Å². The molecule has 2 N–H and O–H groups in total. The van der Waals surface area contributed by atoms with Crippen molar-refractivity contribution in [3.8, 4) is 0 Å². The maximum atomic E-state index is 5.91. The van der Waals surface area contributed by atoms with E-state index in [1.165, 1.54) is 0 Å². The Kier molecular flexibility index (Phi) is 3.31. The molecule has 0 atom stereocenters. The van der Waals surface area contributed by atoms with Gasteiger partial charge in [0.2, 0.25) is 0 Å². The molecule has 0 bridgehead atoms. The number of aromatic nitrogens is 1. The lowest BCUT2D eigenvalue weighted by Crippen LogP contribution is -2.05. The first kappa shape index (κ1) is 9.29. The summed E-state index contributed by atoms with van der Waals surface area (Å²) in [5, 5.41) is 6.59. The van der Waals surface area contributed by atoms with Gasteiger partial charge < -0.3 is 10.6 Å². The lowest BCUT2D eigenvalue weighted by molar-refractivity contribution is 0.813. The molecule has 0 radical (unpaired) electrons. The molecule has 3 nitrogen and oxygen atoms in total. The van der Waals surface area contributed by atoms with Crippen molar-refractivity contribution in [2.24, 2.45) is 0 Å². The average Bonchev–Trinajstić information content (AvgIpc) is 2.05. The molecule has 1 heterocycles. The SMILES string of the molecule is CNCc1cnc(NC)c(Cl)c1. The number of hydrogen-bond donors (Lipinski definition) is 2. The minimum Gasteiger partial charge on any atom is -0.372 e. The Labute approximate surface area is 77.1 Å². The molecular weight excluding hydrogens is 174 g/mol. The fourth-order valence-corrected chi connectivity index (χ4v) is 1.25. The predicted molar refractivity (Wildman–Crippen MR) is 51.6 cm³/mol. The summed E-state index contributed by atoms with van der Waals surface area (Å²) in [6.45, 7) is 0.788. The van der Waals surface area contributed by atoms with Crippen LogP contribution in [0.5, 0.6) is 0 Å². The van der Waals surface area contributed by atoms with Crippen molar-refractivity contribution >= 4 is 17.4 Å². The molecule has 66 valence electrons. The molecule has 0 amide bonds. The summed E-state index contributed by atoms with van der Waals surface area (Å²) in [6, 6.07) is 1.90. The molecule has 0 aliphatic heterocycles. The van der Waals surface area contributed by atoms with Crippen molar-refractivity contribution in [2.45, 2.75) is 6.54 Å². The van der Waals surface area contributed by atoms with Crippen molar-refractivity contribution < 1.29 is 0 Å². The Bertz CT molecular complexity index is 262. The van der Waals surface area contributed by atoms with Crippen molar-refractivity contribution in [1.29, 1.82) is 0 Å². The largest absolute Gasteiger partial charge is 0.372 e. The molecule has 0 spiro atoms. The van der Waals surface area contributed by atoms with Crippen LogP contribution in [-0.2, 0) is 6.54 Å².